The van der Waals surface area contributed by atoms with E-state index in [2.05, 4.69) is 19.1 Å². The van der Waals surface area contributed by atoms with Crippen LogP contribution in [0.2, 0.25) is 0 Å². The number of rotatable bonds is 4. The molecule has 5 heteroatoms. The van der Waals surface area contributed by atoms with E-state index in [0.717, 1.165) is 55.6 Å². The molecular weight excluding hydrogens is 340 g/mol. The van der Waals surface area contributed by atoms with Gasteiger partial charge in [-0.25, -0.2) is 0 Å². The van der Waals surface area contributed by atoms with Gasteiger partial charge in [0.05, 0.1) is 6.61 Å². The summed E-state index contributed by atoms with van der Waals surface area (Å²) in [6, 6.07) is 4.18. The third-order valence-electron chi connectivity index (χ3n) is 6.32. The Morgan fingerprint density at radius 1 is 1.11 bits per heavy atom. The number of hydrogen-bond acceptors (Lipinski definition) is 3. The van der Waals surface area contributed by atoms with Crippen LogP contribution in [0.25, 0.3) is 0 Å². The number of ether oxygens (including phenoxy) is 1. The Hall–Kier alpha value is -1.88. The van der Waals surface area contributed by atoms with Crippen LogP contribution in [0.3, 0.4) is 0 Å². The predicted molar refractivity (Wildman–Crippen MR) is 106 cm³/mol. The van der Waals surface area contributed by atoms with Crippen LogP contribution in [0.15, 0.2) is 12.1 Å². The summed E-state index contributed by atoms with van der Waals surface area (Å²) in [5.74, 6) is 0.394. The highest BCUT2D eigenvalue weighted by Gasteiger charge is 2.41. The average Bonchev–Trinajstić information content (AvgIpc) is 2.62. The van der Waals surface area contributed by atoms with Crippen LogP contribution < -0.4 is 0 Å². The van der Waals surface area contributed by atoms with E-state index in [0.29, 0.717) is 19.6 Å². The van der Waals surface area contributed by atoms with Gasteiger partial charge in [0.1, 0.15) is 0 Å². The molecule has 2 amide bonds. The van der Waals surface area contributed by atoms with E-state index >= 15 is 0 Å². The van der Waals surface area contributed by atoms with Crippen LogP contribution >= 0.6 is 0 Å². The van der Waals surface area contributed by atoms with Gasteiger partial charge in [-0.15, -0.1) is 0 Å². The average molecular weight is 373 g/mol. The van der Waals surface area contributed by atoms with E-state index in [1.807, 2.05) is 23.6 Å². The Balaban J connectivity index is 1.66. The second kappa shape index (κ2) is 8.01. The molecule has 2 saturated heterocycles. The Morgan fingerprint density at radius 3 is 2.33 bits per heavy atom. The monoisotopic (exact) mass is 372 g/mol. The second-order valence-electron chi connectivity index (χ2n) is 8.37. The largest absolute Gasteiger partial charge is 0.383 e. The van der Waals surface area contributed by atoms with Crippen molar-refractivity contribution in [1.82, 2.24) is 9.80 Å². The van der Waals surface area contributed by atoms with Crippen LogP contribution in [0, 0.1) is 26.2 Å². The maximum atomic E-state index is 13.1. The van der Waals surface area contributed by atoms with Crippen molar-refractivity contribution in [2.75, 3.05) is 39.9 Å². The van der Waals surface area contributed by atoms with Gasteiger partial charge >= 0.3 is 0 Å². The fraction of sp³-hybridized carbons (Fsp3) is 0.636. The molecule has 0 atom stereocenters. The summed E-state index contributed by atoms with van der Waals surface area (Å²) < 4.78 is 5.15. The molecular formula is C22H32N2O3. The number of carbonyl (C=O) groups is 2. The van der Waals surface area contributed by atoms with Crippen molar-refractivity contribution in [3.8, 4) is 0 Å². The molecule has 0 aromatic heterocycles. The van der Waals surface area contributed by atoms with Crippen molar-refractivity contribution in [2.24, 2.45) is 5.41 Å². The SMILES string of the molecule is COCCN1CC2(CCC1=O)CCN(C(=O)c1c(C)cc(C)cc1C)CC2. The van der Waals surface area contributed by atoms with E-state index in [9.17, 15) is 9.59 Å². The van der Waals surface area contributed by atoms with Crippen molar-refractivity contribution in [2.45, 2.75) is 46.5 Å². The number of likely N-dealkylation sites (tertiary alicyclic amines) is 2. The molecule has 27 heavy (non-hydrogen) atoms. The molecule has 148 valence electrons. The zero-order valence-electron chi connectivity index (χ0n) is 17.1. The number of aryl methyl sites for hydroxylation is 3. The lowest BCUT2D eigenvalue weighted by Crippen LogP contribution is -2.53. The van der Waals surface area contributed by atoms with Crippen LogP contribution in [-0.4, -0.2) is 61.5 Å². The van der Waals surface area contributed by atoms with E-state index < -0.39 is 0 Å². The van der Waals surface area contributed by atoms with Crippen LogP contribution in [0.5, 0.6) is 0 Å². The molecule has 1 aromatic carbocycles. The highest BCUT2D eigenvalue weighted by atomic mass is 16.5. The maximum Gasteiger partial charge on any atom is 0.254 e. The van der Waals surface area contributed by atoms with Crippen molar-refractivity contribution < 1.29 is 14.3 Å². The van der Waals surface area contributed by atoms with E-state index in [-0.39, 0.29) is 17.2 Å². The third kappa shape index (κ3) is 4.18. The van der Waals surface area contributed by atoms with Gasteiger partial charge in [-0.1, -0.05) is 17.7 Å². The first kappa shape index (κ1) is 19.9. The van der Waals surface area contributed by atoms with Crippen molar-refractivity contribution in [3.05, 3.63) is 34.4 Å². The van der Waals surface area contributed by atoms with Crippen molar-refractivity contribution in [1.29, 1.82) is 0 Å². The van der Waals surface area contributed by atoms with E-state index in [4.69, 9.17) is 4.74 Å². The molecule has 1 spiro atoms. The summed E-state index contributed by atoms with van der Waals surface area (Å²) in [7, 11) is 1.67. The number of nitrogens with zero attached hydrogens (tertiary/aromatic N) is 2. The molecule has 0 unspecified atom stereocenters. The lowest BCUT2D eigenvalue weighted by molar-refractivity contribution is -0.139. The van der Waals surface area contributed by atoms with Gasteiger partial charge in [-0.2, -0.15) is 0 Å². The number of carbonyl (C=O) groups excluding carboxylic acids is 2. The Bertz CT molecular complexity index is 697. The molecule has 2 aliphatic heterocycles. The topological polar surface area (TPSA) is 49.9 Å². The van der Waals surface area contributed by atoms with E-state index in [1.54, 1.807) is 7.11 Å². The lowest BCUT2D eigenvalue weighted by atomic mass is 9.72. The number of hydrogen-bond donors (Lipinski definition) is 0. The minimum Gasteiger partial charge on any atom is -0.383 e. The van der Waals surface area contributed by atoms with Crippen molar-refractivity contribution in [3.63, 3.8) is 0 Å². The molecule has 5 nitrogen and oxygen atoms in total. The number of amides is 2. The molecule has 1 aromatic rings. The zero-order chi connectivity index (χ0) is 19.6. The summed E-state index contributed by atoms with van der Waals surface area (Å²) in [6.07, 6.45) is 3.51. The second-order valence-corrected chi connectivity index (χ2v) is 8.37. The minimum absolute atomic E-state index is 0.156. The summed E-state index contributed by atoms with van der Waals surface area (Å²) in [6.45, 7) is 9.73. The van der Waals surface area contributed by atoms with Crippen molar-refractivity contribution >= 4 is 11.8 Å². The van der Waals surface area contributed by atoms with Gasteiger partial charge < -0.3 is 14.5 Å². The first-order chi connectivity index (χ1) is 12.8. The summed E-state index contributed by atoms with van der Waals surface area (Å²) >= 11 is 0. The summed E-state index contributed by atoms with van der Waals surface area (Å²) in [5.41, 5.74) is 4.34. The highest BCUT2D eigenvalue weighted by Crippen LogP contribution is 2.40. The Morgan fingerprint density at radius 2 is 1.74 bits per heavy atom. The third-order valence-corrected chi connectivity index (χ3v) is 6.32. The van der Waals surface area contributed by atoms with Gasteiger partial charge in [0.25, 0.3) is 5.91 Å². The van der Waals surface area contributed by atoms with Gasteiger partial charge in [-0.3, -0.25) is 9.59 Å². The summed E-state index contributed by atoms with van der Waals surface area (Å²) in [5, 5.41) is 0. The van der Waals surface area contributed by atoms with Gasteiger partial charge in [0.15, 0.2) is 0 Å². The predicted octanol–water partition coefficient (Wildman–Crippen LogP) is 3.10. The standard InChI is InChI=1S/C22H32N2O3/c1-16-13-17(2)20(18(3)14-16)21(26)23-9-7-22(8-10-23)6-5-19(25)24(15-22)11-12-27-4/h13-14H,5-12,15H2,1-4H3. The smallest absolute Gasteiger partial charge is 0.254 e. The van der Waals surface area contributed by atoms with Gasteiger partial charge in [-0.05, 0) is 56.6 Å². The fourth-order valence-corrected chi connectivity index (χ4v) is 4.78. The first-order valence-corrected chi connectivity index (χ1v) is 9.99. The number of piperidine rings is 2. The normalized spacial score (nSPS) is 19.6. The molecule has 2 heterocycles. The molecule has 2 fully saturated rings. The zero-order valence-corrected chi connectivity index (χ0v) is 17.1. The molecule has 0 saturated carbocycles. The van der Waals surface area contributed by atoms with Gasteiger partial charge in [0, 0.05) is 45.3 Å². The number of benzene rings is 1. The van der Waals surface area contributed by atoms with Crippen LogP contribution in [0.1, 0.15) is 52.7 Å². The molecule has 0 bridgehead atoms. The molecule has 0 N–H and O–H groups in total. The van der Waals surface area contributed by atoms with Crippen LogP contribution in [-0.2, 0) is 9.53 Å². The Labute approximate surface area is 162 Å². The lowest BCUT2D eigenvalue weighted by Gasteiger charge is -2.47. The number of methoxy groups -OCH3 is 1. The molecule has 0 radical (unpaired) electrons. The van der Waals surface area contributed by atoms with Gasteiger partial charge in [0.2, 0.25) is 5.91 Å². The molecule has 3 rings (SSSR count). The Kier molecular flexibility index (Phi) is 5.89. The highest BCUT2D eigenvalue weighted by molar-refractivity contribution is 5.97. The first-order valence-electron chi connectivity index (χ1n) is 9.99. The quantitative estimate of drug-likeness (QED) is 0.816. The molecule has 2 aliphatic rings. The van der Waals surface area contributed by atoms with Crippen LogP contribution in [0.4, 0.5) is 0 Å². The fourth-order valence-electron chi connectivity index (χ4n) is 4.78. The van der Waals surface area contributed by atoms with E-state index in [1.165, 1.54) is 5.56 Å². The summed E-state index contributed by atoms with van der Waals surface area (Å²) in [4.78, 5) is 29.3. The minimum atomic E-state index is 0.156. The maximum absolute atomic E-state index is 13.1. The molecule has 0 aliphatic carbocycles.